The van der Waals surface area contributed by atoms with Crippen molar-refractivity contribution in [1.29, 1.82) is 0 Å². The van der Waals surface area contributed by atoms with E-state index in [0.29, 0.717) is 22.7 Å². The number of benzene rings is 2. The van der Waals surface area contributed by atoms with Crippen molar-refractivity contribution in [3.8, 4) is 0 Å². The zero-order valence-electron chi connectivity index (χ0n) is 14.2. The maximum atomic E-state index is 12.6. The van der Waals surface area contributed by atoms with Gasteiger partial charge in [0.1, 0.15) is 0 Å². The van der Waals surface area contributed by atoms with E-state index in [-0.39, 0.29) is 5.78 Å². The topological polar surface area (TPSA) is 58.4 Å². The van der Waals surface area contributed by atoms with Crippen molar-refractivity contribution in [1.82, 2.24) is 4.90 Å². The summed E-state index contributed by atoms with van der Waals surface area (Å²) >= 11 is 0. The van der Waals surface area contributed by atoms with Crippen molar-refractivity contribution in [2.75, 3.05) is 37.7 Å². The number of nitrogens with zero attached hydrogens (tertiary/aromatic N) is 1. The third-order valence-electron chi connectivity index (χ3n) is 4.77. The van der Waals surface area contributed by atoms with Crippen LogP contribution >= 0.6 is 0 Å². The van der Waals surface area contributed by atoms with Gasteiger partial charge in [0.25, 0.3) is 0 Å². The molecule has 0 radical (unpaired) electrons. The van der Waals surface area contributed by atoms with E-state index in [0.717, 1.165) is 25.3 Å². The molecule has 4 heteroatoms. The van der Waals surface area contributed by atoms with Crippen molar-refractivity contribution < 1.29 is 4.79 Å². The fourth-order valence-corrected chi connectivity index (χ4v) is 3.13. The number of anilines is 2. The van der Waals surface area contributed by atoms with E-state index < -0.39 is 0 Å². The molecule has 0 saturated carbocycles. The third-order valence-corrected chi connectivity index (χ3v) is 4.77. The van der Waals surface area contributed by atoms with Crippen LogP contribution in [-0.2, 0) is 0 Å². The Morgan fingerprint density at radius 2 is 1.83 bits per heavy atom. The van der Waals surface area contributed by atoms with Gasteiger partial charge in [0, 0.05) is 17.7 Å². The molecule has 1 heterocycles. The minimum absolute atomic E-state index is 0.0259. The van der Waals surface area contributed by atoms with Crippen LogP contribution in [0.5, 0.6) is 0 Å². The molecule has 3 rings (SSSR count). The summed E-state index contributed by atoms with van der Waals surface area (Å²) in [7, 11) is 2.17. The molecule has 24 heavy (non-hydrogen) atoms. The van der Waals surface area contributed by atoms with E-state index in [4.69, 9.17) is 5.73 Å². The zero-order valence-corrected chi connectivity index (χ0v) is 14.2. The maximum absolute atomic E-state index is 12.6. The van der Waals surface area contributed by atoms with Crippen molar-refractivity contribution in [2.24, 2.45) is 5.92 Å². The van der Waals surface area contributed by atoms with Crippen LogP contribution in [0.3, 0.4) is 0 Å². The van der Waals surface area contributed by atoms with Gasteiger partial charge in [-0.1, -0.05) is 30.3 Å². The van der Waals surface area contributed by atoms with E-state index >= 15 is 0 Å². The number of nitrogen functional groups attached to an aromatic ring is 1. The van der Waals surface area contributed by atoms with Gasteiger partial charge < -0.3 is 16.0 Å². The molecular formula is C20H25N3O. The van der Waals surface area contributed by atoms with Crippen LogP contribution in [0.15, 0.2) is 48.5 Å². The summed E-state index contributed by atoms with van der Waals surface area (Å²) in [6.07, 6.45) is 2.40. The van der Waals surface area contributed by atoms with Crippen LogP contribution in [0.2, 0.25) is 0 Å². The fourth-order valence-electron chi connectivity index (χ4n) is 3.13. The quantitative estimate of drug-likeness (QED) is 0.655. The van der Waals surface area contributed by atoms with Crippen LogP contribution in [-0.4, -0.2) is 37.4 Å². The standard InChI is InChI=1S/C20H25N3O/c1-23-11-9-15(10-12-23)14-22-19-13-17(7-8-18(19)21)20(24)16-5-3-2-4-6-16/h2-8,13,15,22H,9-12,14,21H2,1H3. The number of nitrogens with two attached hydrogens (primary N) is 1. The van der Waals surface area contributed by atoms with E-state index in [2.05, 4.69) is 17.3 Å². The van der Waals surface area contributed by atoms with Gasteiger partial charge in [-0.2, -0.15) is 0 Å². The molecule has 4 nitrogen and oxygen atoms in total. The fraction of sp³-hybridized carbons (Fsp3) is 0.350. The number of piperidine rings is 1. The molecule has 0 aromatic heterocycles. The van der Waals surface area contributed by atoms with E-state index in [9.17, 15) is 4.79 Å². The van der Waals surface area contributed by atoms with Crippen molar-refractivity contribution in [3.63, 3.8) is 0 Å². The lowest BCUT2D eigenvalue weighted by molar-refractivity contribution is 0.103. The predicted octanol–water partition coefficient (Wildman–Crippen LogP) is 3.25. The number of carbonyl (C=O) groups is 1. The van der Waals surface area contributed by atoms with Crippen molar-refractivity contribution >= 4 is 17.2 Å². The van der Waals surface area contributed by atoms with E-state index in [1.807, 2.05) is 42.5 Å². The molecular weight excluding hydrogens is 298 g/mol. The molecule has 1 fully saturated rings. The maximum Gasteiger partial charge on any atom is 0.193 e. The van der Waals surface area contributed by atoms with Gasteiger partial charge in [-0.3, -0.25) is 4.79 Å². The second-order valence-electron chi connectivity index (χ2n) is 6.62. The van der Waals surface area contributed by atoms with Crippen molar-refractivity contribution in [2.45, 2.75) is 12.8 Å². The summed E-state index contributed by atoms with van der Waals surface area (Å²) < 4.78 is 0. The Hall–Kier alpha value is -2.33. The molecule has 0 atom stereocenters. The van der Waals surface area contributed by atoms with Gasteiger partial charge in [0.2, 0.25) is 0 Å². The summed E-state index contributed by atoms with van der Waals surface area (Å²) in [5.74, 6) is 0.687. The van der Waals surface area contributed by atoms with Gasteiger partial charge in [0.15, 0.2) is 5.78 Å². The number of rotatable bonds is 5. The van der Waals surface area contributed by atoms with E-state index in [1.54, 1.807) is 6.07 Å². The molecule has 0 unspecified atom stereocenters. The first kappa shape index (κ1) is 16.5. The second kappa shape index (κ2) is 7.49. The third kappa shape index (κ3) is 3.95. The molecule has 0 amide bonds. The summed E-state index contributed by atoms with van der Waals surface area (Å²) in [6.45, 7) is 3.20. The summed E-state index contributed by atoms with van der Waals surface area (Å²) in [5, 5.41) is 3.45. The molecule has 3 N–H and O–H groups in total. The Morgan fingerprint density at radius 3 is 2.54 bits per heavy atom. The summed E-state index contributed by atoms with van der Waals surface area (Å²) in [6, 6.07) is 14.8. The Labute approximate surface area is 143 Å². The lowest BCUT2D eigenvalue weighted by Crippen LogP contribution is -2.33. The largest absolute Gasteiger partial charge is 0.397 e. The summed E-state index contributed by atoms with van der Waals surface area (Å²) in [4.78, 5) is 14.9. The van der Waals surface area contributed by atoms with Crippen LogP contribution < -0.4 is 11.1 Å². The lowest BCUT2D eigenvalue weighted by atomic mass is 9.97. The molecule has 0 bridgehead atoms. The molecule has 1 aliphatic rings. The van der Waals surface area contributed by atoms with Gasteiger partial charge in [-0.15, -0.1) is 0 Å². The minimum Gasteiger partial charge on any atom is -0.397 e. The number of carbonyl (C=O) groups excluding carboxylic acids is 1. The number of hydrogen-bond donors (Lipinski definition) is 2. The number of hydrogen-bond acceptors (Lipinski definition) is 4. The minimum atomic E-state index is 0.0259. The highest BCUT2D eigenvalue weighted by molar-refractivity contribution is 6.09. The molecule has 1 aliphatic heterocycles. The SMILES string of the molecule is CN1CCC(CNc2cc(C(=O)c3ccccc3)ccc2N)CC1. The molecule has 2 aromatic carbocycles. The molecule has 126 valence electrons. The Morgan fingerprint density at radius 1 is 1.12 bits per heavy atom. The Kier molecular flexibility index (Phi) is 5.16. The molecule has 0 spiro atoms. The number of ketones is 1. The van der Waals surface area contributed by atoms with Crippen molar-refractivity contribution in [3.05, 3.63) is 59.7 Å². The average molecular weight is 323 g/mol. The smallest absolute Gasteiger partial charge is 0.193 e. The highest BCUT2D eigenvalue weighted by atomic mass is 16.1. The average Bonchev–Trinajstić information content (AvgIpc) is 2.62. The molecule has 1 saturated heterocycles. The van der Waals surface area contributed by atoms with Gasteiger partial charge >= 0.3 is 0 Å². The highest BCUT2D eigenvalue weighted by Crippen LogP contribution is 2.24. The van der Waals surface area contributed by atoms with Crippen LogP contribution in [0.25, 0.3) is 0 Å². The molecule has 2 aromatic rings. The number of likely N-dealkylation sites (tertiary alicyclic amines) is 1. The van der Waals surface area contributed by atoms with Crippen LogP contribution in [0.1, 0.15) is 28.8 Å². The second-order valence-corrected chi connectivity index (χ2v) is 6.62. The van der Waals surface area contributed by atoms with Gasteiger partial charge in [-0.25, -0.2) is 0 Å². The zero-order chi connectivity index (χ0) is 16.9. The lowest BCUT2D eigenvalue weighted by Gasteiger charge is -2.29. The predicted molar refractivity (Wildman–Crippen MR) is 99.4 cm³/mol. The first-order chi connectivity index (χ1) is 11.6. The Balaban J connectivity index is 1.69. The molecule has 0 aliphatic carbocycles. The van der Waals surface area contributed by atoms with E-state index in [1.165, 1.54) is 12.8 Å². The van der Waals surface area contributed by atoms with Crippen LogP contribution in [0.4, 0.5) is 11.4 Å². The van der Waals surface area contributed by atoms with Gasteiger partial charge in [-0.05, 0) is 57.1 Å². The Bertz CT molecular complexity index is 691. The van der Waals surface area contributed by atoms with Crippen LogP contribution in [0, 0.1) is 5.92 Å². The van der Waals surface area contributed by atoms with Gasteiger partial charge in [0.05, 0.1) is 11.4 Å². The monoisotopic (exact) mass is 323 g/mol. The highest BCUT2D eigenvalue weighted by Gasteiger charge is 2.17. The normalized spacial score (nSPS) is 16.0. The first-order valence-corrected chi connectivity index (χ1v) is 8.55. The number of nitrogens with one attached hydrogen (secondary N) is 1. The summed E-state index contributed by atoms with van der Waals surface area (Å²) in [5.41, 5.74) is 8.99. The first-order valence-electron chi connectivity index (χ1n) is 8.55.